The fraction of sp³-hybridized carbons (Fsp3) is 0.551. The number of halogens is 3. The molecule has 2 aliphatic carbocycles. The van der Waals surface area contributed by atoms with Crippen molar-refractivity contribution in [2.24, 2.45) is 17.3 Å². The summed E-state index contributed by atoms with van der Waals surface area (Å²) in [5.74, 6) is -3.57. The van der Waals surface area contributed by atoms with Crippen molar-refractivity contribution >= 4 is 56.0 Å². The Balaban J connectivity index is 1.10. The van der Waals surface area contributed by atoms with E-state index in [0.717, 1.165) is 18.4 Å². The number of nitrogens with one attached hydrogen (secondary N) is 1. The lowest BCUT2D eigenvalue weighted by Crippen LogP contribution is -2.47. The number of thiazole rings is 1. The summed E-state index contributed by atoms with van der Waals surface area (Å²) in [6, 6.07) is 10.1. The van der Waals surface area contributed by atoms with E-state index in [1.807, 2.05) is 48.8 Å². The van der Waals surface area contributed by atoms with E-state index in [4.69, 9.17) is 19.4 Å². The highest BCUT2D eigenvalue weighted by molar-refractivity contribution is 7.91. The van der Waals surface area contributed by atoms with E-state index in [0.29, 0.717) is 59.4 Å². The highest BCUT2D eigenvalue weighted by Crippen LogP contribution is 2.58. The lowest BCUT2D eigenvalue weighted by Gasteiger charge is -2.29. The Bertz CT molecular complexity index is 2720. The van der Waals surface area contributed by atoms with Gasteiger partial charge in [-0.05, 0) is 122 Å². The number of nitrogens with zero attached hydrogens (tertiary/aromatic N) is 4. The predicted molar refractivity (Wildman–Crippen MR) is 249 cm³/mol. The lowest BCUT2D eigenvalue weighted by molar-refractivity contribution is -0.274. The number of para-hydroxylation sites is 1. The zero-order chi connectivity index (χ0) is 49.0. The summed E-state index contributed by atoms with van der Waals surface area (Å²) >= 11 is 1.34. The molecule has 2 amide bonds. The number of aromatic nitrogens is 3. The fourth-order valence-corrected chi connectivity index (χ4v) is 11.5. The Kier molecular flexibility index (Phi) is 13.4. The van der Waals surface area contributed by atoms with Crippen LogP contribution in [-0.4, -0.2) is 86.8 Å². The zero-order valence-corrected chi connectivity index (χ0v) is 40.7. The first-order valence-corrected chi connectivity index (χ1v) is 25.6. The van der Waals surface area contributed by atoms with E-state index >= 15 is 0 Å². The van der Waals surface area contributed by atoms with Crippen LogP contribution in [0.3, 0.4) is 0 Å². The number of ether oxygens (including phenoxy) is 3. The molecule has 0 radical (unpaired) electrons. The molecule has 8 rings (SSSR count). The summed E-state index contributed by atoms with van der Waals surface area (Å²) in [4.78, 5) is 68.4. The van der Waals surface area contributed by atoms with E-state index < -0.39 is 73.8 Å². The van der Waals surface area contributed by atoms with Crippen molar-refractivity contribution < 1.29 is 55.0 Å². The number of carbonyl (C=O) groups is 4. The number of imidazole rings is 1. The molecule has 0 bridgehead atoms. The van der Waals surface area contributed by atoms with Gasteiger partial charge in [0.15, 0.2) is 5.78 Å². The highest BCUT2D eigenvalue weighted by Gasteiger charge is 2.62. The van der Waals surface area contributed by atoms with Gasteiger partial charge in [-0.1, -0.05) is 31.1 Å². The van der Waals surface area contributed by atoms with Crippen LogP contribution < -0.4 is 14.2 Å². The van der Waals surface area contributed by atoms with Crippen LogP contribution in [0.5, 0.6) is 11.8 Å². The molecule has 0 unspecified atom stereocenters. The first-order chi connectivity index (χ1) is 32.0. The topological polar surface area (TPSA) is 176 Å². The van der Waals surface area contributed by atoms with Gasteiger partial charge in [0.2, 0.25) is 21.8 Å². The van der Waals surface area contributed by atoms with Crippen LogP contribution in [0.25, 0.3) is 32.9 Å². The molecule has 4 heterocycles. The lowest BCUT2D eigenvalue weighted by atomic mass is 9.90. The number of fused-ring (bicyclic) bond motifs is 3. The molecule has 3 fully saturated rings. The summed E-state index contributed by atoms with van der Waals surface area (Å²) in [5, 5.41) is 2.40. The maximum absolute atomic E-state index is 14.9. The Labute approximate surface area is 398 Å². The normalized spacial score (nSPS) is 24.9. The maximum atomic E-state index is 14.9. The minimum absolute atomic E-state index is 0.0217. The Morgan fingerprint density at radius 3 is 2.43 bits per heavy atom. The van der Waals surface area contributed by atoms with Crippen molar-refractivity contribution in [2.45, 2.75) is 147 Å². The summed E-state index contributed by atoms with van der Waals surface area (Å²) < 4.78 is 84.6. The van der Waals surface area contributed by atoms with E-state index in [9.17, 15) is 40.8 Å². The second-order valence-electron chi connectivity index (χ2n) is 20.2. The molecule has 1 saturated heterocycles. The molecule has 5 atom stereocenters. The average Bonchev–Trinajstić information content (AvgIpc) is 3.92. The minimum Gasteiger partial charge on any atom is -0.460 e. The Morgan fingerprint density at radius 1 is 1.01 bits per heavy atom. The molecule has 14 nitrogen and oxygen atoms in total. The van der Waals surface area contributed by atoms with Gasteiger partial charge in [0.1, 0.15) is 28.0 Å². The van der Waals surface area contributed by atoms with Crippen LogP contribution in [0.4, 0.5) is 13.2 Å². The first-order valence-electron chi connectivity index (χ1n) is 23.2. The highest BCUT2D eigenvalue weighted by atomic mass is 32.2. The molecular weight excluding hydrogens is 924 g/mol. The molecule has 68 heavy (non-hydrogen) atoms. The van der Waals surface area contributed by atoms with E-state index in [2.05, 4.69) is 9.46 Å². The van der Waals surface area contributed by atoms with Gasteiger partial charge >= 0.3 is 12.3 Å². The first kappa shape index (κ1) is 49.1. The monoisotopic (exact) mass is 981 g/mol. The number of Topliss-reactive ketones (excluding diaryl/α,β-unsaturated/α-hetero) is 1. The third kappa shape index (κ3) is 10.6. The summed E-state index contributed by atoms with van der Waals surface area (Å²) in [6.45, 7) is 10.8. The number of benzene rings is 2. The summed E-state index contributed by atoms with van der Waals surface area (Å²) in [7, 11) is -4.00. The SMILES string of the molecule is CC(C)n1c(O[C@@H]2C[C@H]3C(=O)C[C@]4(C(=O)NS(=O)(=O)C5(C)CC5)C[C@H]4/C=C\CCCCC[C@H](CC(=O)OC(C)(C)C)C(=O)N3C2)nc2c(-c3nc(-c4ccc(OC(F)(F)F)cc4)cs3)cccc21. The van der Waals surface area contributed by atoms with Crippen LogP contribution in [0.2, 0.25) is 0 Å². The predicted octanol–water partition coefficient (Wildman–Crippen LogP) is 9.49. The summed E-state index contributed by atoms with van der Waals surface area (Å²) in [5.41, 5.74) is 1.00. The molecule has 2 saturated carbocycles. The van der Waals surface area contributed by atoms with Crippen molar-refractivity contribution in [3.63, 3.8) is 0 Å². The number of hydrogen-bond donors (Lipinski definition) is 1. The van der Waals surface area contributed by atoms with Crippen LogP contribution in [-0.2, 0) is 33.9 Å². The third-order valence-electron chi connectivity index (χ3n) is 13.4. The van der Waals surface area contributed by atoms with E-state index in [1.165, 1.54) is 40.5 Å². The standard InChI is InChI=1S/C49H58F3N5O9S2/c1-29(2)57-37-16-12-15-35(42-53-36(28-67-42)30-17-19-33(20-18-30)65-49(50,51)52)41(37)54-45(57)64-34-24-38-39(58)26-48(44(61)55-68(62,63)47(6)21-22-47)25-32(48)14-11-9-7-8-10-13-31(43(60)56(38)27-34)23-40(59)66-46(3,4)5/h11-12,14-20,28-29,31-32,34,38H,7-10,13,21-27H2,1-6H3,(H,55,61)/b14-11-/t31-,32-,34-,38+,48-/m1/s1. The number of allylic oxidation sites excluding steroid dienone is 2. The van der Waals surface area contributed by atoms with Crippen LogP contribution in [0, 0.1) is 17.3 Å². The van der Waals surface area contributed by atoms with Gasteiger partial charge in [-0.3, -0.25) is 28.5 Å². The fourth-order valence-electron chi connectivity index (χ4n) is 9.36. The number of alkyl halides is 3. The van der Waals surface area contributed by atoms with Crippen LogP contribution >= 0.6 is 11.3 Å². The van der Waals surface area contributed by atoms with Crippen molar-refractivity contribution in [3.8, 4) is 33.6 Å². The van der Waals surface area contributed by atoms with Crippen molar-refractivity contribution in [2.75, 3.05) is 6.54 Å². The second-order valence-corrected chi connectivity index (χ2v) is 23.2. The number of esters is 1. The molecule has 1 N–H and O–H groups in total. The molecule has 4 aromatic rings. The number of rotatable bonds is 11. The van der Waals surface area contributed by atoms with Crippen molar-refractivity contribution in [1.29, 1.82) is 0 Å². The minimum atomic E-state index is -4.82. The molecule has 2 aromatic carbocycles. The average molecular weight is 982 g/mol. The van der Waals surface area contributed by atoms with Gasteiger partial charge in [-0.15, -0.1) is 24.5 Å². The zero-order valence-electron chi connectivity index (χ0n) is 39.1. The number of ketones is 1. The van der Waals surface area contributed by atoms with Crippen molar-refractivity contribution in [3.05, 3.63) is 60.0 Å². The van der Waals surface area contributed by atoms with Gasteiger partial charge in [0, 0.05) is 41.3 Å². The van der Waals surface area contributed by atoms with Crippen molar-refractivity contribution in [1.82, 2.24) is 24.2 Å². The van der Waals surface area contributed by atoms with Crippen LogP contribution in [0.1, 0.15) is 118 Å². The Morgan fingerprint density at radius 2 is 1.75 bits per heavy atom. The number of hydrogen-bond acceptors (Lipinski definition) is 12. The molecular formula is C49H58F3N5O9S2. The van der Waals surface area contributed by atoms with Gasteiger partial charge < -0.3 is 19.1 Å². The van der Waals surface area contributed by atoms with Crippen LogP contribution in [0.15, 0.2) is 60.0 Å². The quantitative estimate of drug-likeness (QED) is 0.112. The van der Waals surface area contributed by atoms with Gasteiger partial charge in [0.05, 0.1) is 40.4 Å². The molecule has 366 valence electrons. The van der Waals surface area contributed by atoms with E-state index in [1.54, 1.807) is 33.1 Å². The third-order valence-corrected chi connectivity index (χ3v) is 16.4. The van der Waals surface area contributed by atoms with Gasteiger partial charge in [0.25, 0.3) is 6.01 Å². The molecule has 4 aliphatic rings. The molecule has 19 heteroatoms. The van der Waals surface area contributed by atoms with E-state index in [-0.39, 0.29) is 55.9 Å². The number of amides is 2. The molecule has 0 spiro atoms. The smallest absolute Gasteiger partial charge is 0.460 e. The summed E-state index contributed by atoms with van der Waals surface area (Å²) in [6.07, 6.45) is 2.33. The Hall–Kier alpha value is -5.30. The van der Waals surface area contributed by atoms with Gasteiger partial charge in [-0.2, -0.15) is 4.98 Å². The largest absolute Gasteiger partial charge is 0.573 e. The van der Waals surface area contributed by atoms with Gasteiger partial charge in [-0.25, -0.2) is 13.4 Å². The molecule has 2 aliphatic heterocycles. The maximum Gasteiger partial charge on any atom is 0.573 e. The molecule has 2 aromatic heterocycles. The number of sulfonamides is 1. The number of carbonyl (C=O) groups excluding carboxylic acids is 4. The second kappa shape index (κ2) is 18.6.